The maximum Gasteiger partial charge on any atom is 0.154 e. The maximum atomic E-state index is 13.3. The van der Waals surface area contributed by atoms with E-state index in [9.17, 15) is 8.78 Å². The van der Waals surface area contributed by atoms with Crippen LogP contribution in [0, 0.1) is 12.8 Å². The fourth-order valence-corrected chi connectivity index (χ4v) is 2.10. The minimum absolute atomic E-state index is 0.0788. The summed E-state index contributed by atoms with van der Waals surface area (Å²) in [6.45, 7) is 7.78. The number of hydrogen-bond acceptors (Lipinski definition) is 1. The SMILES string of the molecule is C=C(Nc1ccc(C)cc1)C1=CC(F)=C(F)CC1C. The molecule has 1 aromatic carbocycles. The van der Waals surface area contributed by atoms with Crippen molar-refractivity contribution < 1.29 is 8.78 Å². The highest BCUT2D eigenvalue weighted by Crippen LogP contribution is 2.34. The fraction of sp³-hybridized carbons (Fsp3) is 0.250. The van der Waals surface area contributed by atoms with Crippen molar-refractivity contribution in [2.45, 2.75) is 20.3 Å². The van der Waals surface area contributed by atoms with Gasteiger partial charge in [-0.05, 0) is 36.6 Å². The van der Waals surface area contributed by atoms with Crippen LogP contribution in [-0.4, -0.2) is 0 Å². The van der Waals surface area contributed by atoms with Crippen LogP contribution < -0.4 is 5.32 Å². The second-order valence-electron chi connectivity index (χ2n) is 4.93. The van der Waals surface area contributed by atoms with Crippen molar-refractivity contribution in [2.75, 3.05) is 5.32 Å². The van der Waals surface area contributed by atoms with Gasteiger partial charge in [-0.25, -0.2) is 8.78 Å². The van der Waals surface area contributed by atoms with Crippen molar-refractivity contribution in [3.63, 3.8) is 0 Å². The number of anilines is 1. The standard InChI is InChI=1S/C16H17F2N/c1-10-4-6-13(7-5-10)19-12(3)14-9-16(18)15(17)8-11(14)2/h4-7,9,11,19H,3,8H2,1-2H3. The quantitative estimate of drug-likeness (QED) is 0.804. The van der Waals surface area contributed by atoms with Crippen LogP contribution in [0.2, 0.25) is 0 Å². The lowest BCUT2D eigenvalue weighted by atomic mass is 9.90. The van der Waals surface area contributed by atoms with Crippen LogP contribution in [0.4, 0.5) is 14.5 Å². The highest BCUT2D eigenvalue weighted by molar-refractivity contribution is 5.55. The van der Waals surface area contributed by atoms with E-state index in [1.54, 1.807) is 0 Å². The van der Waals surface area contributed by atoms with E-state index in [0.29, 0.717) is 11.3 Å². The van der Waals surface area contributed by atoms with Crippen molar-refractivity contribution in [3.05, 3.63) is 65.4 Å². The van der Waals surface area contributed by atoms with E-state index >= 15 is 0 Å². The minimum atomic E-state index is -0.792. The predicted molar refractivity (Wildman–Crippen MR) is 75.0 cm³/mol. The third kappa shape index (κ3) is 3.11. The van der Waals surface area contributed by atoms with Crippen molar-refractivity contribution in [1.29, 1.82) is 0 Å². The van der Waals surface area contributed by atoms with E-state index in [-0.39, 0.29) is 12.3 Å². The molecule has 0 saturated carbocycles. The summed E-state index contributed by atoms with van der Waals surface area (Å²) < 4.78 is 26.5. The summed E-state index contributed by atoms with van der Waals surface area (Å²) in [7, 11) is 0. The highest BCUT2D eigenvalue weighted by atomic mass is 19.2. The van der Waals surface area contributed by atoms with Crippen molar-refractivity contribution in [3.8, 4) is 0 Å². The zero-order valence-corrected chi connectivity index (χ0v) is 11.1. The van der Waals surface area contributed by atoms with E-state index in [2.05, 4.69) is 11.9 Å². The van der Waals surface area contributed by atoms with Gasteiger partial charge in [0.1, 0.15) is 5.83 Å². The molecule has 100 valence electrons. The molecule has 1 aliphatic carbocycles. The molecule has 0 saturated heterocycles. The summed E-state index contributed by atoms with van der Waals surface area (Å²) in [5.74, 6) is -1.55. The van der Waals surface area contributed by atoms with Crippen LogP contribution in [0.1, 0.15) is 18.9 Å². The van der Waals surface area contributed by atoms with Crippen LogP contribution in [0.15, 0.2) is 59.8 Å². The topological polar surface area (TPSA) is 12.0 Å². The van der Waals surface area contributed by atoms with Gasteiger partial charge in [0, 0.05) is 17.8 Å². The van der Waals surface area contributed by atoms with Crippen LogP contribution in [0.5, 0.6) is 0 Å². The van der Waals surface area contributed by atoms with E-state index in [4.69, 9.17) is 0 Å². The molecule has 1 aromatic rings. The Balaban J connectivity index is 2.16. The number of aryl methyl sites for hydroxylation is 1. The lowest BCUT2D eigenvalue weighted by Crippen LogP contribution is -2.12. The van der Waals surface area contributed by atoms with Gasteiger partial charge in [-0.15, -0.1) is 0 Å². The van der Waals surface area contributed by atoms with Gasteiger partial charge < -0.3 is 5.32 Å². The first-order valence-corrected chi connectivity index (χ1v) is 6.26. The Kier molecular flexibility index (Phi) is 3.84. The Bertz CT molecular complexity index is 553. The zero-order valence-electron chi connectivity index (χ0n) is 11.1. The number of rotatable bonds is 3. The molecule has 0 fully saturated rings. The zero-order chi connectivity index (χ0) is 14.0. The van der Waals surface area contributed by atoms with Gasteiger partial charge in [0.15, 0.2) is 5.83 Å². The van der Waals surface area contributed by atoms with Gasteiger partial charge in [-0.3, -0.25) is 0 Å². The monoisotopic (exact) mass is 261 g/mol. The predicted octanol–water partition coefficient (Wildman–Crippen LogP) is 5.04. The van der Waals surface area contributed by atoms with Crippen molar-refractivity contribution >= 4 is 5.69 Å². The first-order chi connectivity index (χ1) is 8.97. The summed E-state index contributed by atoms with van der Waals surface area (Å²) in [4.78, 5) is 0. The summed E-state index contributed by atoms with van der Waals surface area (Å²) in [6, 6.07) is 7.82. The highest BCUT2D eigenvalue weighted by Gasteiger charge is 2.22. The third-order valence-electron chi connectivity index (χ3n) is 3.25. The Hall–Kier alpha value is -1.90. The molecule has 0 aromatic heterocycles. The molecule has 0 spiro atoms. The van der Waals surface area contributed by atoms with Gasteiger partial charge in [-0.2, -0.15) is 0 Å². The summed E-state index contributed by atoms with van der Waals surface area (Å²) in [5, 5.41) is 3.13. The lowest BCUT2D eigenvalue weighted by molar-refractivity contribution is 0.471. The summed E-state index contributed by atoms with van der Waals surface area (Å²) in [5.41, 5.74) is 3.37. The number of benzene rings is 1. The molecule has 1 nitrogen and oxygen atoms in total. The first-order valence-electron chi connectivity index (χ1n) is 6.26. The van der Waals surface area contributed by atoms with Gasteiger partial charge in [-0.1, -0.05) is 31.2 Å². The second kappa shape index (κ2) is 5.39. The van der Waals surface area contributed by atoms with Crippen molar-refractivity contribution in [1.82, 2.24) is 0 Å². The number of nitrogens with one attached hydrogen (secondary N) is 1. The van der Waals surface area contributed by atoms with E-state index in [0.717, 1.165) is 11.3 Å². The van der Waals surface area contributed by atoms with Crippen LogP contribution in [0.3, 0.4) is 0 Å². The molecule has 19 heavy (non-hydrogen) atoms. The molecule has 1 atom stereocenters. The maximum absolute atomic E-state index is 13.3. The smallest absolute Gasteiger partial charge is 0.154 e. The molecule has 0 amide bonds. The molecule has 3 heteroatoms. The fourth-order valence-electron chi connectivity index (χ4n) is 2.10. The average molecular weight is 261 g/mol. The van der Waals surface area contributed by atoms with Gasteiger partial charge >= 0.3 is 0 Å². The Morgan fingerprint density at radius 2 is 1.89 bits per heavy atom. The van der Waals surface area contributed by atoms with E-state index in [1.807, 2.05) is 38.1 Å². The van der Waals surface area contributed by atoms with Crippen LogP contribution in [-0.2, 0) is 0 Å². The molecule has 0 heterocycles. The van der Waals surface area contributed by atoms with Crippen LogP contribution in [0.25, 0.3) is 0 Å². The molecule has 1 aliphatic rings. The Morgan fingerprint density at radius 3 is 2.53 bits per heavy atom. The molecular weight excluding hydrogens is 244 g/mol. The summed E-state index contributed by atoms with van der Waals surface area (Å²) in [6.07, 6.45) is 1.32. The molecule has 1 N–H and O–H groups in total. The lowest BCUT2D eigenvalue weighted by Gasteiger charge is -2.22. The molecule has 0 radical (unpaired) electrons. The normalized spacial score (nSPS) is 19.2. The molecule has 0 aliphatic heterocycles. The van der Waals surface area contributed by atoms with Crippen LogP contribution >= 0.6 is 0 Å². The Labute approximate surface area is 112 Å². The largest absolute Gasteiger partial charge is 0.356 e. The molecule has 1 unspecified atom stereocenters. The number of allylic oxidation sites excluding steroid dienone is 4. The second-order valence-corrected chi connectivity index (χ2v) is 4.93. The molecule has 2 rings (SSSR count). The van der Waals surface area contributed by atoms with Crippen molar-refractivity contribution in [2.24, 2.45) is 5.92 Å². The minimum Gasteiger partial charge on any atom is -0.356 e. The van der Waals surface area contributed by atoms with E-state index in [1.165, 1.54) is 6.08 Å². The van der Waals surface area contributed by atoms with Gasteiger partial charge in [0.2, 0.25) is 0 Å². The molecular formula is C16H17F2N. The number of halogens is 2. The third-order valence-corrected chi connectivity index (χ3v) is 3.25. The first kappa shape index (κ1) is 13.5. The number of hydrogen-bond donors (Lipinski definition) is 1. The average Bonchev–Trinajstić information content (AvgIpc) is 2.36. The summed E-state index contributed by atoms with van der Waals surface area (Å²) >= 11 is 0. The van der Waals surface area contributed by atoms with Gasteiger partial charge in [0.05, 0.1) is 0 Å². The Morgan fingerprint density at radius 1 is 1.26 bits per heavy atom. The molecule has 0 bridgehead atoms. The van der Waals surface area contributed by atoms with Gasteiger partial charge in [0.25, 0.3) is 0 Å². The van der Waals surface area contributed by atoms with E-state index < -0.39 is 11.7 Å².